The number of rotatable bonds is 1. The second-order valence-corrected chi connectivity index (χ2v) is 4.98. The van der Waals surface area contributed by atoms with Gasteiger partial charge < -0.3 is 10.6 Å². The average molecular weight is 259 g/mol. The van der Waals surface area contributed by atoms with Crippen LogP contribution in [0.2, 0.25) is 0 Å². The number of hydrogen-bond donors (Lipinski definition) is 1. The van der Waals surface area contributed by atoms with Crippen LogP contribution in [0.4, 0.5) is 5.82 Å². The lowest BCUT2D eigenvalue weighted by atomic mass is 9.93. The molecule has 3 heterocycles. The highest BCUT2D eigenvalue weighted by molar-refractivity contribution is 5.73. The topological polar surface area (TPSA) is 76.5 Å². The summed E-state index contributed by atoms with van der Waals surface area (Å²) in [4.78, 5) is 17.2. The summed E-state index contributed by atoms with van der Waals surface area (Å²) in [6.45, 7) is 3.25. The Kier molecular flexibility index (Phi) is 2.85. The minimum Gasteiger partial charge on any atom is -0.382 e. The van der Waals surface area contributed by atoms with Crippen LogP contribution in [0.25, 0.3) is 5.52 Å². The fourth-order valence-corrected chi connectivity index (χ4v) is 2.77. The van der Waals surface area contributed by atoms with E-state index in [4.69, 9.17) is 5.73 Å². The Bertz CT molecular complexity index is 613. The van der Waals surface area contributed by atoms with Gasteiger partial charge in [0.25, 0.3) is 0 Å². The number of nitrogens with zero attached hydrogens (tertiary/aromatic N) is 4. The van der Waals surface area contributed by atoms with Gasteiger partial charge in [-0.2, -0.15) is 5.10 Å². The number of amides is 1. The average Bonchev–Trinajstić information content (AvgIpc) is 2.84. The van der Waals surface area contributed by atoms with Crippen molar-refractivity contribution >= 4 is 17.2 Å². The van der Waals surface area contributed by atoms with E-state index in [0.717, 1.165) is 37.1 Å². The highest BCUT2D eigenvalue weighted by atomic mass is 16.2. The van der Waals surface area contributed by atoms with E-state index < -0.39 is 0 Å². The Labute approximate surface area is 111 Å². The van der Waals surface area contributed by atoms with Crippen LogP contribution < -0.4 is 5.73 Å². The highest BCUT2D eigenvalue weighted by Crippen LogP contribution is 2.29. The minimum absolute atomic E-state index is 0.157. The lowest BCUT2D eigenvalue weighted by Gasteiger charge is -2.31. The van der Waals surface area contributed by atoms with Gasteiger partial charge in [-0.25, -0.2) is 9.50 Å². The Morgan fingerprint density at radius 1 is 1.37 bits per heavy atom. The highest BCUT2D eigenvalue weighted by Gasteiger charge is 2.24. The van der Waals surface area contributed by atoms with Gasteiger partial charge in [0, 0.05) is 31.6 Å². The normalized spacial score (nSPS) is 17.0. The third-order valence-electron chi connectivity index (χ3n) is 3.87. The Balaban J connectivity index is 1.86. The molecule has 0 bridgehead atoms. The van der Waals surface area contributed by atoms with E-state index in [1.54, 1.807) is 6.92 Å². The third-order valence-corrected chi connectivity index (χ3v) is 3.87. The van der Waals surface area contributed by atoms with E-state index in [0.29, 0.717) is 11.7 Å². The molecule has 6 nitrogen and oxygen atoms in total. The Hall–Kier alpha value is -2.11. The Morgan fingerprint density at radius 2 is 2.11 bits per heavy atom. The fourth-order valence-electron chi connectivity index (χ4n) is 2.77. The van der Waals surface area contributed by atoms with E-state index >= 15 is 0 Å². The molecule has 1 amide bonds. The molecule has 2 N–H and O–H groups in total. The van der Waals surface area contributed by atoms with Gasteiger partial charge in [-0.15, -0.1) is 0 Å². The van der Waals surface area contributed by atoms with Crippen LogP contribution in [0.5, 0.6) is 0 Å². The number of nitrogen functional groups attached to an aromatic ring is 1. The lowest BCUT2D eigenvalue weighted by molar-refractivity contribution is -0.129. The summed E-state index contributed by atoms with van der Waals surface area (Å²) < 4.78 is 1.87. The van der Waals surface area contributed by atoms with E-state index in [1.165, 1.54) is 6.33 Å². The van der Waals surface area contributed by atoms with Gasteiger partial charge in [0.1, 0.15) is 11.8 Å². The van der Waals surface area contributed by atoms with Crippen molar-refractivity contribution in [3.8, 4) is 0 Å². The van der Waals surface area contributed by atoms with Crippen molar-refractivity contribution in [2.75, 3.05) is 18.8 Å². The summed E-state index contributed by atoms with van der Waals surface area (Å²) in [6, 6.07) is 4.02. The quantitative estimate of drug-likeness (QED) is 0.830. The molecule has 100 valence electrons. The lowest BCUT2D eigenvalue weighted by Crippen LogP contribution is -2.36. The number of aromatic nitrogens is 3. The van der Waals surface area contributed by atoms with Gasteiger partial charge in [-0.1, -0.05) is 0 Å². The first kappa shape index (κ1) is 12.0. The fraction of sp³-hybridized carbons (Fsp3) is 0.462. The maximum Gasteiger partial charge on any atom is 0.219 e. The third kappa shape index (κ3) is 2.03. The van der Waals surface area contributed by atoms with Crippen LogP contribution in [0.1, 0.15) is 31.4 Å². The molecule has 1 fully saturated rings. The summed E-state index contributed by atoms with van der Waals surface area (Å²) in [7, 11) is 0. The standard InChI is InChI=1S/C13H17N5O/c1-9(19)17-6-4-10(5-7-17)11-2-3-12-13(14)15-8-16-18(11)12/h2-3,8,10H,4-7H2,1H3,(H2,14,15,16). The number of piperidine rings is 1. The second-order valence-electron chi connectivity index (χ2n) is 4.98. The number of nitrogens with two attached hydrogens (primary N) is 1. The van der Waals surface area contributed by atoms with Crippen LogP contribution >= 0.6 is 0 Å². The van der Waals surface area contributed by atoms with Gasteiger partial charge in [-0.3, -0.25) is 4.79 Å². The molecule has 0 radical (unpaired) electrons. The first-order valence-corrected chi connectivity index (χ1v) is 6.50. The minimum atomic E-state index is 0.157. The summed E-state index contributed by atoms with van der Waals surface area (Å²) in [6.07, 6.45) is 3.42. The van der Waals surface area contributed by atoms with Crippen molar-refractivity contribution in [1.29, 1.82) is 0 Å². The van der Waals surface area contributed by atoms with E-state index in [-0.39, 0.29) is 5.91 Å². The monoisotopic (exact) mass is 259 g/mol. The predicted octanol–water partition coefficient (Wildman–Crippen LogP) is 1.04. The zero-order chi connectivity index (χ0) is 13.4. The van der Waals surface area contributed by atoms with Crippen LogP contribution in [-0.2, 0) is 4.79 Å². The molecule has 3 rings (SSSR count). The molecule has 1 aliphatic heterocycles. The number of fused-ring (bicyclic) bond motifs is 1. The van der Waals surface area contributed by atoms with E-state index in [9.17, 15) is 4.79 Å². The van der Waals surface area contributed by atoms with Crippen LogP contribution in [0.3, 0.4) is 0 Å². The van der Waals surface area contributed by atoms with E-state index in [2.05, 4.69) is 16.1 Å². The van der Waals surface area contributed by atoms with Crippen molar-refractivity contribution in [3.05, 3.63) is 24.2 Å². The molecule has 0 aliphatic carbocycles. The second kappa shape index (κ2) is 4.53. The molecule has 2 aromatic rings. The zero-order valence-corrected chi connectivity index (χ0v) is 10.9. The molecular formula is C13H17N5O. The largest absolute Gasteiger partial charge is 0.382 e. The summed E-state index contributed by atoms with van der Waals surface area (Å²) in [5, 5.41) is 4.28. The number of carbonyl (C=O) groups is 1. The predicted molar refractivity (Wildman–Crippen MR) is 71.6 cm³/mol. The molecule has 1 aliphatic rings. The number of carbonyl (C=O) groups excluding carboxylic acids is 1. The molecule has 0 spiro atoms. The number of anilines is 1. The smallest absolute Gasteiger partial charge is 0.219 e. The maximum atomic E-state index is 11.3. The van der Waals surface area contributed by atoms with Gasteiger partial charge >= 0.3 is 0 Å². The molecule has 0 unspecified atom stereocenters. The Morgan fingerprint density at radius 3 is 2.79 bits per heavy atom. The summed E-state index contributed by atoms with van der Waals surface area (Å²) in [5.74, 6) is 1.08. The van der Waals surface area contributed by atoms with Crippen molar-refractivity contribution in [2.24, 2.45) is 0 Å². The van der Waals surface area contributed by atoms with Crippen molar-refractivity contribution in [2.45, 2.75) is 25.7 Å². The number of hydrogen-bond acceptors (Lipinski definition) is 4. The van der Waals surface area contributed by atoms with Gasteiger partial charge in [0.05, 0.1) is 0 Å². The van der Waals surface area contributed by atoms with Gasteiger partial charge in [0.15, 0.2) is 5.82 Å². The molecule has 2 aromatic heterocycles. The summed E-state index contributed by atoms with van der Waals surface area (Å²) in [5.41, 5.74) is 7.85. The maximum absolute atomic E-state index is 11.3. The van der Waals surface area contributed by atoms with Crippen LogP contribution in [0.15, 0.2) is 18.5 Å². The SMILES string of the molecule is CC(=O)N1CCC(c2ccc3c(N)ncnn23)CC1. The molecular weight excluding hydrogens is 242 g/mol. The molecule has 0 saturated carbocycles. The first-order valence-electron chi connectivity index (χ1n) is 6.50. The molecule has 1 saturated heterocycles. The van der Waals surface area contributed by atoms with Gasteiger partial charge in [0.2, 0.25) is 5.91 Å². The van der Waals surface area contributed by atoms with Crippen molar-refractivity contribution in [3.63, 3.8) is 0 Å². The van der Waals surface area contributed by atoms with Crippen molar-refractivity contribution < 1.29 is 4.79 Å². The van der Waals surface area contributed by atoms with Gasteiger partial charge in [-0.05, 0) is 25.0 Å². The first-order chi connectivity index (χ1) is 9.16. The van der Waals surface area contributed by atoms with Crippen LogP contribution in [-0.4, -0.2) is 38.5 Å². The number of likely N-dealkylation sites (tertiary alicyclic amines) is 1. The molecule has 0 aromatic carbocycles. The summed E-state index contributed by atoms with van der Waals surface area (Å²) >= 11 is 0. The zero-order valence-electron chi connectivity index (χ0n) is 10.9. The molecule has 19 heavy (non-hydrogen) atoms. The van der Waals surface area contributed by atoms with Crippen LogP contribution in [0, 0.1) is 0 Å². The molecule has 0 atom stereocenters. The van der Waals surface area contributed by atoms with E-state index in [1.807, 2.05) is 15.5 Å². The van der Waals surface area contributed by atoms with Crippen molar-refractivity contribution in [1.82, 2.24) is 19.5 Å². The molecule has 6 heteroatoms.